The van der Waals surface area contributed by atoms with Crippen LogP contribution in [0.5, 0.6) is 0 Å². The molecule has 2 aromatic carbocycles. The molecule has 1 aliphatic rings. The SMILES string of the molecule is S=C(c1cc(-c2ccc(Cl)cc2)n(-c2ccccc2)n1)N1CCOCC1. The highest BCUT2D eigenvalue weighted by Gasteiger charge is 2.20. The first-order valence-corrected chi connectivity index (χ1v) is 9.29. The summed E-state index contributed by atoms with van der Waals surface area (Å²) in [6, 6.07) is 19.9. The van der Waals surface area contributed by atoms with E-state index in [1.807, 2.05) is 65.3 Å². The number of morpholine rings is 1. The summed E-state index contributed by atoms with van der Waals surface area (Å²) in [4.78, 5) is 2.92. The van der Waals surface area contributed by atoms with Gasteiger partial charge in [0.1, 0.15) is 10.7 Å². The minimum atomic E-state index is 0.698. The summed E-state index contributed by atoms with van der Waals surface area (Å²) in [6.07, 6.45) is 0. The lowest BCUT2D eigenvalue weighted by Gasteiger charge is -2.28. The highest BCUT2D eigenvalue weighted by Crippen LogP contribution is 2.26. The second kappa shape index (κ2) is 7.58. The maximum atomic E-state index is 6.05. The van der Waals surface area contributed by atoms with E-state index in [1.54, 1.807) is 0 Å². The number of para-hydroxylation sites is 1. The van der Waals surface area contributed by atoms with Crippen LogP contribution in [0.1, 0.15) is 5.69 Å². The van der Waals surface area contributed by atoms with Crippen molar-refractivity contribution in [3.05, 3.63) is 71.4 Å². The van der Waals surface area contributed by atoms with Crippen molar-refractivity contribution in [3.63, 3.8) is 0 Å². The van der Waals surface area contributed by atoms with Crippen LogP contribution in [-0.2, 0) is 4.74 Å². The molecule has 2 heterocycles. The number of thiocarbonyl (C=S) groups is 1. The van der Waals surface area contributed by atoms with Crippen molar-refractivity contribution in [1.82, 2.24) is 14.7 Å². The monoisotopic (exact) mass is 383 g/mol. The van der Waals surface area contributed by atoms with Crippen LogP contribution in [0, 0.1) is 0 Å². The van der Waals surface area contributed by atoms with Crippen LogP contribution < -0.4 is 0 Å². The Morgan fingerprint density at radius 3 is 2.38 bits per heavy atom. The predicted molar refractivity (Wildman–Crippen MR) is 108 cm³/mol. The molecule has 0 radical (unpaired) electrons. The first-order valence-electron chi connectivity index (χ1n) is 8.51. The Morgan fingerprint density at radius 2 is 1.69 bits per heavy atom. The molecule has 132 valence electrons. The Morgan fingerprint density at radius 1 is 1.00 bits per heavy atom. The van der Waals surface area contributed by atoms with Crippen molar-refractivity contribution in [2.45, 2.75) is 0 Å². The second-order valence-corrected chi connectivity index (χ2v) is 6.90. The van der Waals surface area contributed by atoms with Crippen molar-refractivity contribution < 1.29 is 4.74 Å². The molecule has 0 atom stereocenters. The third-order valence-electron chi connectivity index (χ3n) is 4.37. The van der Waals surface area contributed by atoms with Crippen LogP contribution in [0.4, 0.5) is 0 Å². The lowest BCUT2D eigenvalue weighted by atomic mass is 10.1. The summed E-state index contributed by atoms with van der Waals surface area (Å²) in [7, 11) is 0. The Bertz CT molecular complexity index is 903. The van der Waals surface area contributed by atoms with Gasteiger partial charge >= 0.3 is 0 Å². The van der Waals surface area contributed by atoms with E-state index in [4.69, 9.17) is 33.7 Å². The summed E-state index contributed by atoms with van der Waals surface area (Å²) in [5.74, 6) is 0. The molecule has 4 rings (SSSR count). The van der Waals surface area contributed by atoms with Gasteiger partial charge in [0.2, 0.25) is 0 Å². The van der Waals surface area contributed by atoms with Crippen LogP contribution in [0.3, 0.4) is 0 Å². The summed E-state index contributed by atoms with van der Waals surface area (Å²) >= 11 is 11.8. The first kappa shape index (κ1) is 17.2. The topological polar surface area (TPSA) is 30.3 Å². The van der Waals surface area contributed by atoms with Gasteiger partial charge < -0.3 is 9.64 Å². The third-order valence-corrected chi connectivity index (χ3v) is 5.09. The maximum absolute atomic E-state index is 6.05. The Hall–Kier alpha value is -2.21. The minimum absolute atomic E-state index is 0.698. The fourth-order valence-electron chi connectivity index (χ4n) is 3.01. The summed E-state index contributed by atoms with van der Waals surface area (Å²) < 4.78 is 7.36. The van der Waals surface area contributed by atoms with Crippen LogP contribution in [-0.4, -0.2) is 46.0 Å². The van der Waals surface area contributed by atoms with E-state index in [9.17, 15) is 0 Å². The van der Waals surface area contributed by atoms with E-state index >= 15 is 0 Å². The summed E-state index contributed by atoms with van der Waals surface area (Å²) in [5.41, 5.74) is 3.82. The van der Waals surface area contributed by atoms with Crippen LogP contribution in [0.25, 0.3) is 16.9 Å². The largest absolute Gasteiger partial charge is 0.378 e. The fraction of sp³-hybridized carbons (Fsp3) is 0.200. The smallest absolute Gasteiger partial charge is 0.129 e. The zero-order valence-corrected chi connectivity index (χ0v) is 15.7. The Labute approximate surface area is 163 Å². The standard InChI is InChI=1S/C20H18ClN3OS/c21-16-8-6-15(7-9-16)19-14-18(20(26)23-10-12-25-13-11-23)22-24(19)17-4-2-1-3-5-17/h1-9,14H,10-13H2. The summed E-state index contributed by atoms with van der Waals surface area (Å²) in [6.45, 7) is 2.99. The van der Waals surface area contributed by atoms with E-state index in [2.05, 4.69) is 4.90 Å². The number of nitrogens with zero attached hydrogens (tertiary/aromatic N) is 3. The number of ether oxygens (including phenoxy) is 1. The average Bonchev–Trinajstić information content (AvgIpc) is 3.15. The van der Waals surface area contributed by atoms with E-state index in [0.29, 0.717) is 18.2 Å². The average molecular weight is 384 g/mol. The molecule has 0 saturated carbocycles. The number of benzene rings is 2. The van der Waals surface area contributed by atoms with Crippen molar-refractivity contribution in [2.24, 2.45) is 0 Å². The Kier molecular flexibility index (Phi) is 5.02. The number of aromatic nitrogens is 2. The highest BCUT2D eigenvalue weighted by molar-refractivity contribution is 7.80. The lowest BCUT2D eigenvalue weighted by molar-refractivity contribution is 0.0692. The van der Waals surface area contributed by atoms with E-state index in [-0.39, 0.29) is 0 Å². The number of hydrogen-bond donors (Lipinski definition) is 0. The molecule has 6 heteroatoms. The van der Waals surface area contributed by atoms with Gasteiger partial charge in [-0.25, -0.2) is 4.68 Å². The summed E-state index contributed by atoms with van der Waals surface area (Å²) in [5, 5.41) is 5.53. The van der Waals surface area contributed by atoms with Crippen LogP contribution in [0.15, 0.2) is 60.7 Å². The first-order chi connectivity index (χ1) is 12.7. The zero-order chi connectivity index (χ0) is 17.9. The van der Waals surface area contributed by atoms with Crippen LogP contribution >= 0.6 is 23.8 Å². The van der Waals surface area contributed by atoms with Crippen molar-refractivity contribution in [1.29, 1.82) is 0 Å². The van der Waals surface area contributed by atoms with Gasteiger partial charge in [-0.3, -0.25) is 0 Å². The van der Waals surface area contributed by atoms with Crippen molar-refractivity contribution in [2.75, 3.05) is 26.3 Å². The molecule has 0 amide bonds. The van der Waals surface area contributed by atoms with Gasteiger partial charge in [-0.05, 0) is 30.3 Å². The highest BCUT2D eigenvalue weighted by atomic mass is 35.5. The molecule has 1 saturated heterocycles. The number of halogens is 1. The molecule has 1 aromatic heterocycles. The normalized spacial score (nSPS) is 14.4. The fourth-order valence-corrected chi connectivity index (χ4v) is 3.41. The van der Waals surface area contributed by atoms with E-state index in [1.165, 1.54) is 0 Å². The molecule has 0 unspecified atom stereocenters. The van der Waals surface area contributed by atoms with Gasteiger partial charge in [-0.1, -0.05) is 54.2 Å². The van der Waals surface area contributed by atoms with E-state index in [0.717, 1.165) is 40.7 Å². The molecule has 3 aromatic rings. The Balaban J connectivity index is 1.77. The molecule has 0 N–H and O–H groups in total. The number of hydrogen-bond acceptors (Lipinski definition) is 3. The molecule has 1 fully saturated rings. The molecule has 0 aliphatic carbocycles. The minimum Gasteiger partial charge on any atom is -0.378 e. The second-order valence-electron chi connectivity index (χ2n) is 6.07. The van der Waals surface area contributed by atoms with E-state index < -0.39 is 0 Å². The van der Waals surface area contributed by atoms with Crippen molar-refractivity contribution >= 4 is 28.8 Å². The quantitative estimate of drug-likeness (QED) is 0.634. The van der Waals surface area contributed by atoms with Crippen LogP contribution in [0.2, 0.25) is 5.02 Å². The van der Waals surface area contributed by atoms with Gasteiger partial charge in [-0.2, -0.15) is 5.10 Å². The van der Waals surface area contributed by atoms with Gasteiger partial charge in [0, 0.05) is 23.7 Å². The zero-order valence-electron chi connectivity index (χ0n) is 14.1. The van der Waals surface area contributed by atoms with Gasteiger partial charge in [0.25, 0.3) is 0 Å². The van der Waals surface area contributed by atoms with Gasteiger partial charge in [0.05, 0.1) is 24.6 Å². The van der Waals surface area contributed by atoms with Gasteiger partial charge in [-0.15, -0.1) is 0 Å². The number of rotatable bonds is 3. The molecule has 0 spiro atoms. The molecular formula is C20H18ClN3OS. The third kappa shape index (κ3) is 3.51. The molecule has 0 bridgehead atoms. The van der Waals surface area contributed by atoms with Crippen molar-refractivity contribution in [3.8, 4) is 16.9 Å². The predicted octanol–water partition coefficient (Wildman–Crippen LogP) is 4.20. The molecular weight excluding hydrogens is 366 g/mol. The molecule has 4 nitrogen and oxygen atoms in total. The van der Waals surface area contributed by atoms with Gasteiger partial charge in [0.15, 0.2) is 0 Å². The lowest BCUT2D eigenvalue weighted by Crippen LogP contribution is -2.40. The maximum Gasteiger partial charge on any atom is 0.129 e. The molecule has 26 heavy (non-hydrogen) atoms. The molecule has 1 aliphatic heterocycles.